The first-order valence-corrected chi connectivity index (χ1v) is 10.4. The van der Waals surface area contributed by atoms with E-state index in [9.17, 15) is 13.2 Å². The third-order valence-electron chi connectivity index (χ3n) is 4.74. The number of nitrogens with zero attached hydrogens (tertiary/aromatic N) is 2. The second kappa shape index (κ2) is 10.1. The molecule has 30 heavy (non-hydrogen) atoms. The molecule has 4 nitrogen and oxygen atoms in total. The molecule has 0 aliphatic heterocycles. The fraction of sp³-hybridized carbons (Fsp3) is 0.565. The van der Waals surface area contributed by atoms with Crippen LogP contribution in [0.2, 0.25) is 0 Å². The molecular formula is C23H31F3N2O2. The average molecular weight is 425 g/mol. The summed E-state index contributed by atoms with van der Waals surface area (Å²) in [6.45, 7) is 12.8. The maximum absolute atomic E-state index is 12.5. The van der Waals surface area contributed by atoms with Crippen LogP contribution in [0.5, 0.6) is 11.6 Å². The molecule has 1 aromatic carbocycles. The zero-order chi connectivity index (χ0) is 22.5. The predicted molar refractivity (Wildman–Crippen MR) is 112 cm³/mol. The number of aryl methyl sites for hydroxylation is 3. The minimum absolute atomic E-state index is 0.246. The van der Waals surface area contributed by atoms with Crippen LogP contribution < -0.4 is 9.47 Å². The molecule has 0 saturated carbocycles. The molecule has 0 aliphatic rings. The summed E-state index contributed by atoms with van der Waals surface area (Å²) in [5.74, 6) is 1.30. The van der Waals surface area contributed by atoms with Crippen molar-refractivity contribution in [3.05, 3.63) is 35.2 Å². The van der Waals surface area contributed by atoms with Crippen LogP contribution in [0.25, 0.3) is 11.3 Å². The Hall–Kier alpha value is -2.31. The van der Waals surface area contributed by atoms with Gasteiger partial charge in [0, 0.05) is 5.56 Å². The molecule has 0 spiro atoms. The van der Waals surface area contributed by atoms with E-state index in [0.717, 1.165) is 23.4 Å². The zero-order valence-electron chi connectivity index (χ0n) is 18.6. The second-order valence-electron chi connectivity index (χ2n) is 8.05. The van der Waals surface area contributed by atoms with Crippen LogP contribution in [-0.2, 0) is 12.8 Å². The highest BCUT2D eigenvalue weighted by atomic mass is 19.4. The van der Waals surface area contributed by atoms with Crippen LogP contribution in [-0.4, -0.2) is 22.9 Å². The standard InChI is InChI=1S/C23H31F3N2O2/c1-7-19-21(18-10-9-17(12-16(18)6)30-23(24,25)26)27-20(8-2)22(28-19)29-13-15(5)11-14(3)4/h9-10,12,14-15H,7-8,11,13H2,1-6H3. The molecule has 2 rings (SSSR count). The quantitative estimate of drug-likeness (QED) is 0.459. The van der Waals surface area contributed by atoms with Crippen LogP contribution in [0.1, 0.15) is 58.0 Å². The Bertz CT molecular complexity index is 851. The number of ether oxygens (including phenoxy) is 2. The third-order valence-corrected chi connectivity index (χ3v) is 4.74. The molecule has 0 fully saturated rings. The van der Waals surface area contributed by atoms with Crippen LogP contribution in [0.3, 0.4) is 0 Å². The van der Waals surface area contributed by atoms with Gasteiger partial charge < -0.3 is 9.47 Å². The monoisotopic (exact) mass is 424 g/mol. The number of alkyl halides is 3. The van der Waals surface area contributed by atoms with Crippen molar-refractivity contribution in [2.75, 3.05) is 6.61 Å². The molecule has 1 heterocycles. The summed E-state index contributed by atoms with van der Waals surface area (Å²) in [5, 5.41) is 0. The number of rotatable bonds is 9. The second-order valence-corrected chi connectivity index (χ2v) is 8.05. The summed E-state index contributed by atoms with van der Waals surface area (Å²) in [7, 11) is 0. The Balaban J connectivity index is 2.35. The van der Waals surface area contributed by atoms with Gasteiger partial charge in [0.15, 0.2) is 0 Å². The maximum atomic E-state index is 12.5. The average Bonchev–Trinajstić information content (AvgIpc) is 2.64. The number of benzene rings is 1. The molecule has 0 amide bonds. The van der Waals surface area contributed by atoms with Gasteiger partial charge in [0.1, 0.15) is 11.4 Å². The van der Waals surface area contributed by atoms with Crippen molar-refractivity contribution in [1.82, 2.24) is 9.97 Å². The first-order chi connectivity index (χ1) is 14.0. The highest BCUT2D eigenvalue weighted by Crippen LogP contribution is 2.32. The number of halogens is 3. The van der Waals surface area contributed by atoms with Crippen molar-refractivity contribution in [2.45, 2.75) is 67.2 Å². The molecule has 1 unspecified atom stereocenters. The summed E-state index contributed by atoms with van der Waals surface area (Å²) in [6, 6.07) is 4.28. The van der Waals surface area contributed by atoms with Crippen LogP contribution in [0.4, 0.5) is 13.2 Å². The Morgan fingerprint density at radius 2 is 1.67 bits per heavy atom. The van der Waals surface area contributed by atoms with Crippen molar-refractivity contribution in [3.8, 4) is 22.9 Å². The van der Waals surface area contributed by atoms with Crippen molar-refractivity contribution in [3.63, 3.8) is 0 Å². The highest BCUT2D eigenvalue weighted by Gasteiger charge is 2.31. The predicted octanol–water partition coefficient (Wildman–Crippen LogP) is 6.54. The van der Waals surface area contributed by atoms with E-state index in [1.807, 2.05) is 13.8 Å². The SMILES string of the molecule is CCc1nc(-c2ccc(OC(F)(F)F)cc2C)c(CC)nc1OCC(C)CC(C)C. The Labute approximate surface area is 176 Å². The van der Waals surface area contributed by atoms with Crippen molar-refractivity contribution in [1.29, 1.82) is 0 Å². The van der Waals surface area contributed by atoms with Crippen molar-refractivity contribution < 1.29 is 22.6 Å². The largest absolute Gasteiger partial charge is 0.573 e. The lowest BCUT2D eigenvalue weighted by Crippen LogP contribution is -2.17. The summed E-state index contributed by atoms with van der Waals surface area (Å²) < 4.78 is 47.5. The van der Waals surface area contributed by atoms with Gasteiger partial charge in [0.25, 0.3) is 0 Å². The van der Waals surface area contributed by atoms with Crippen LogP contribution >= 0.6 is 0 Å². The molecule has 1 aromatic heterocycles. The lowest BCUT2D eigenvalue weighted by atomic mass is 10.00. The lowest BCUT2D eigenvalue weighted by Gasteiger charge is -2.18. The van der Waals surface area contributed by atoms with E-state index in [-0.39, 0.29) is 5.75 Å². The van der Waals surface area contributed by atoms with E-state index in [0.29, 0.717) is 48.4 Å². The Morgan fingerprint density at radius 3 is 2.20 bits per heavy atom. The fourth-order valence-corrected chi connectivity index (χ4v) is 3.49. The first kappa shape index (κ1) is 24.0. The topological polar surface area (TPSA) is 44.2 Å². The summed E-state index contributed by atoms with van der Waals surface area (Å²) in [6.07, 6.45) is -2.38. The molecule has 1 atom stereocenters. The van der Waals surface area contributed by atoms with E-state index >= 15 is 0 Å². The number of hydrogen-bond acceptors (Lipinski definition) is 4. The highest BCUT2D eigenvalue weighted by molar-refractivity contribution is 5.67. The zero-order valence-corrected chi connectivity index (χ0v) is 18.6. The summed E-state index contributed by atoms with van der Waals surface area (Å²) in [5.41, 5.74) is 3.55. The van der Waals surface area contributed by atoms with Crippen molar-refractivity contribution in [2.24, 2.45) is 11.8 Å². The van der Waals surface area contributed by atoms with Gasteiger partial charge in [-0.25, -0.2) is 9.97 Å². The Kier molecular flexibility index (Phi) is 8.10. The van der Waals surface area contributed by atoms with Gasteiger partial charge in [0.05, 0.1) is 18.0 Å². The Morgan fingerprint density at radius 1 is 1.00 bits per heavy atom. The number of hydrogen-bond donors (Lipinski definition) is 0. The molecule has 0 N–H and O–H groups in total. The van der Waals surface area contributed by atoms with E-state index in [1.54, 1.807) is 13.0 Å². The molecule has 0 saturated heterocycles. The van der Waals surface area contributed by atoms with Gasteiger partial charge in [-0.15, -0.1) is 13.2 Å². The van der Waals surface area contributed by atoms with E-state index < -0.39 is 6.36 Å². The van der Waals surface area contributed by atoms with Crippen molar-refractivity contribution >= 4 is 0 Å². The summed E-state index contributed by atoms with van der Waals surface area (Å²) in [4.78, 5) is 9.50. The van der Waals surface area contributed by atoms with Gasteiger partial charge >= 0.3 is 6.36 Å². The molecular weight excluding hydrogens is 393 g/mol. The minimum atomic E-state index is -4.72. The van der Waals surface area contributed by atoms with Gasteiger partial charge in [0.2, 0.25) is 5.88 Å². The minimum Gasteiger partial charge on any atom is -0.476 e. The van der Waals surface area contributed by atoms with Gasteiger partial charge in [-0.05, 0) is 61.8 Å². The molecule has 2 aromatic rings. The first-order valence-electron chi connectivity index (χ1n) is 10.4. The van der Waals surface area contributed by atoms with Gasteiger partial charge in [-0.3, -0.25) is 0 Å². The van der Waals surface area contributed by atoms with Gasteiger partial charge in [-0.1, -0.05) is 34.6 Å². The fourth-order valence-electron chi connectivity index (χ4n) is 3.49. The smallest absolute Gasteiger partial charge is 0.476 e. The molecule has 0 bridgehead atoms. The number of aromatic nitrogens is 2. The van der Waals surface area contributed by atoms with E-state index in [4.69, 9.17) is 14.7 Å². The van der Waals surface area contributed by atoms with Crippen LogP contribution in [0.15, 0.2) is 18.2 Å². The molecule has 0 radical (unpaired) electrons. The lowest BCUT2D eigenvalue weighted by molar-refractivity contribution is -0.274. The maximum Gasteiger partial charge on any atom is 0.573 e. The summed E-state index contributed by atoms with van der Waals surface area (Å²) >= 11 is 0. The van der Waals surface area contributed by atoms with Gasteiger partial charge in [-0.2, -0.15) is 0 Å². The normalized spacial score (nSPS) is 12.9. The van der Waals surface area contributed by atoms with E-state index in [1.165, 1.54) is 12.1 Å². The van der Waals surface area contributed by atoms with Crippen LogP contribution in [0, 0.1) is 18.8 Å². The van der Waals surface area contributed by atoms with E-state index in [2.05, 4.69) is 25.5 Å². The third kappa shape index (κ3) is 6.61. The molecule has 7 heteroatoms. The molecule has 0 aliphatic carbocycles. The molecule has 166 valence electrons.